The predicted octanol–water partition coefficient (Wildman–Crippen LogP) is 5.70. The second-order valence-corrected chi connectivity index (χ2v) is 12.5. The molecular formula is C31H43N5OS. The maximum absolute atomic E-state index is 12.5. The molecule has 204 valence electrons. The van der Waals surface area contributed by atoms with E-state index in [2.05, 4.69) is 69.7 Å². The summed E-state index contributed by atoms with van der Waals surface area (Å²) in [5.41, 5.74) is 12.2. The van der Waals surface area contributed by atoms with Gasteiger partial charge in [0.15, 0.2) is 0 Å². The van der Waals surface area contributed by atoms with Crippen LogP contribution in [0, 0.1) is 0 Å². The lowest BCUT2D eigenvalue weighted by atomic mass is 9.88. The summed E-state index contributed by atoms with van der Waals surface area (Å²) >= 11 is 1.99. The Morgan fingerprint density at radius 1 is 1.03 bits per heavy atom. The minimum Gasteiger partial charge on any atom is -0.366 e. The Morgan fingerprint density at radius 3 is 2.45 bits per heavy atom. The highest BCUT2D eigenvalue weighted by atomic mass is 32.2. The summed E-state index contributed by atoms with van der Waals surface area (Å²) in [6.07, 6.45) is 9.58. The lowest BCUT2D eigenvalue weighted by Crippen LogP contribution is -2.28. The molecule has 1 aromatic heterocycles. The number of H-pyrrole nitrogens is 1. The molecular weight excluding hydrogens is 490 g/mol. The maximum Gasteiger partial charge on any atom is 0.250 e. The number of primary amides is 1. The molecule has 3 heterocycles. The number of fused-ring (bicyclic) bond motifs is 1. The largest absolute Gasteiger partial charge is 0.366 e. The number of carbonyl (C=O) groups excluding carboxylic acids is 1. The first-order valence-electron chi connectivity index (χ1n) is 14.3. The van der Waals surface area contributed by atoms with Crippen LogP contribution in [-0.2, 0) is 6.54 Å². The van der Waals surface area contributed by atoms with Crippen molar-refractivity contribution in [2.45, 2.75) is 51.0 Å². The van der Waals surface area contributed by atoms with E-state index in [1.54, 1.807) is 0 Å². The highest BCUT2D eigenvalue weighted by Crippen LogP contribution is 2.38. The Kier molecular flexibility index (Phi) is 9.10. The number of benzene rings is 2. The van der Waals surface area contributed by atoms with Crippen molar-refractivity contribution >= 4 is 28.8 Å². The molecule has 0 atom stereocenters. The molecule has 0 spiro atoms. The van der Waals surface area contributed by atoms with Gasteiger partial charge in [0.05, 0.1) is 11.1 Å². The first-order valence-corrected chi connectivity index (χ1v) is 15.2. The summed E-state index contributed by atoms with van der Waals surface area (Å²) in [4.78, 5) is 20.7. The molecule has 2 saturated heterocycles. The zero-order chi connectivity index (χ0) is 26.5. The first kappa shape index (κ1) is 27.3. The minimum atomic E-state index is -0.379. The van der Waals surface area contributed by atoms with E-state index in [4.69, 9.17) is 5.73 Å². The van der Waals surface area contributed by atoms with Gasteiger partial charge in [-0.1, -0.05) is 42.6 Å². The average molecular weight is 534 g/mol. The third-order valence-electron chi connectivity index (χ3n) is 8.15. The molecule has 38 heavy (non-hydrogen) atoms. The highest BCUT2D eigenvalue weighted by Gasteiger charge is 2.25. The molecule has 2 aliphatic rings. The number of aromatic amines is 1. The van der Waals surface area contributed by atoms with Crippen LogP contribution < -0.4 is 5.73 Å². The Labute approximate surface area is 232 Å². The maximum atomic E-state index is 12.5. The molecule has 7 heteroatoms. The predicted molar refractivity (Wildman–Crippen MR) is 161 cm³/mol. The van der Waals surface area contributed by atoms with Crippen LogP contribution in [0.4, 0.5) is 0 Å². The molecule has 0 radical (unpaired) electrons. The fourth-order valence-corrected chi connectivity index (χ4v) is 6.99. The van der Waals surface area contributed by atoms with Gasteiger partial charge in [-0.2, -0.15) is 0 Å². The molecule has 6 nitrogen and oxygen atoms in total. The van der Waals surface area contributed by atoms with Gasteiger partial charge in [-0.25, -0.2) is 0 Å². The average Bonchev–Trinajstić information content (AvgIpc) is 3.36. The monoisotopic (exact) mass is 533 g/mol. The molecule has 3 aromatic rings. The van der Waals surface area contributed by atoms with Crippen LogP contribution in [0.1, 0.15) is 65.9 Å². The Morgan fingerprint density at radius 2 is 1.76 bits per heavy atom. The van der Waals surface area contributed by atoms with Gasteiger partial charge in [-0.3, -0.25) is 14.0 Å². The summed E-state index contributed by atoms with van der Waals surface area (Å²) < 4.78 is 2.53. The van der Waals surface area contributed by atoms with Crippen molar-refractivity contribution < 1.29 is 4.79 Å². The van der Waals surface area contributed by atoms with Crippen LogP contribution in [0.25, 0.3) is 22.0 Å². The molecule has 0 unspecified atom stereocenters. The number of nitrogens with zero attached hydrogens (tertiary/aromatic N) is 3. The van der Waals surface area contributed by atoms with E-state index in [0.717, 1.165) is 61.1 Å². The number of nitrogens with two attached hydrogens (primary N) is 1. The van der Waals surface area contributed by atoms with Crippen molar-refractivity contribution in [2.24, 2.45) is 5.73 Å². The van der Waals surface area contributed by atoms with Crippen molar-refractivity contribution in [2.75, 3.05) is 52.6 Å². The molecule has 3 N–H and O–H groups in total. The molecule has 2 aromatic carbocycles. The quantitative estimate of drug-likeness (QED) is 0.259. The molecule has 0 aliphatic carbocycles. The standard InChI is InChI=1S/C31H43N5OS/c1-34(2)13-6-18-38-36-16-11-25(12-17-36)29-21-33-30-27(29)19-26(20-28(30)31(32)37)24-9-7-23(8-10-24)22-35-14-4-3-5-15-35/h7-10,19-21,25,33H,3-6,11-18,22H2,1-2H3,(H2,32,37). The third-order valence-corrected chi connectivity index (χ3v) is 9.35. The van der Waals surface area contributed by atoms with Gasteiger partial charge in [-0.15, -0.1) is 0 Å². The van der Waals surface area contributed by atoms with Crippen molar-refractivity contribution in [3.8, 4) is 11.1 Å². The first-order chi connectivity index (χ1) is 18.5. The van der Waals surface area contributed by atoms with E-state index in [1.807, 2.05) is 18.0 Å². The van der Waals surface area contributed by atoms with E-state index in [1.165, 1.54) is 55.7 Å². The van der Waals surface area contributed by atoms with Gasteiger partial charge in [0.2, 0.25) is 0 Å². The smallest absolute Gasteiger partial charge is 0.250 e. The van der Waals surface area contributed by atoms with Crippen molar-refractivity contribution in [3.05, 3.63) is 59.3 Å². The number of nitrogens with one attached hydrogen (secondary N) is 1. The number of carbonyl (C=O) groups is 1. The van der Waals surface area contributed by atoms with Crippen LogP contribution >= 0.6 is 11.9 Å². The molecule has 1 amide bonds. The van der Waals surface area contributed by atoms with Crippen molar-refractivity contribution in [1.82, 2.24) is 19.1 Å². The van der Waals surface area contributed by atoms with Crippen LogP contribution in [0.3, 0.4) is 0 Å². The molecule has 0 saturated carbocycles. The second kappa shape index (κ2) is 12.7. The van der Waals surface area contributed by atoms with Gasteiger partial charge in [-0.05, 0) is 106 Å². The van der Waals surface area contributed by atoms with Crippen LogP contribution in [0.2, 0.25) is 0 Å². The van der Waals surface area contributed by atoms with E-state index >= 15 is 0 Å². The van der Waals surface area contributed by atoms with E-state index in [9.17, 15) is 4.79 Å². The summed E-state index contributed by atoms with van der Waals surface area (Å²) in [6.45, 7) is 6.76. The van der Waals surface area contributed by atoms with Gasteiger partial charge >= 0.3 is 0 Å². The lowest BCUT2D eigenvalue weighted by molar-refractivity contribution is 0.100. The Balaban J connectivity index is 1.31. The number of likely N-dealkylation sites (tertiary alicyclic amines) is 1. The Hall–Kier alpha value is -2.32. The molecule has 5 rings (SSSR count). The zero-order valence-electron chi connectivity index (χ0n) is 23.0. The van der Waals surface area contributed by atoms with E-state index < -0.39 is 0 Å². The summed E-state index contributed by atoms with van der Waals surface area (Å²) in [5.74, 6) is 1.29. The van der Waals surface area contributed by atoms with Crippen LogP contribution in [-0.4, -0.2) is 77.6 Å². The Bertz CT molecular complexity index is 1210. The summed E-state index contributed by atoms with van der Waals surface area (Å²) in [5, 5.41) is 1.14. The number of aromatic nitrogens is 1. The van der Waals surface area contributed by atoms with Crippen molar-refractivity contribution in [3.63, 3.8) is 0 Å². The fourth-order valence-electron chi connectivity index (χ4n) is 6.00. The fraction of sp³-hybridized carbons (Fsp3) is 0.516. The second-order valence-electron chi connectivity index (χ2n) is 11.3. The van der Waals surface area contributed by atoms with Crippen LogP contribution in [0.15, 0.2) is 42.6 Å². The number of amides is 1. The van der Waals surface area contributed by atoms with E-state index in [-0.39, 0.29) is 5.91 Å². The van der Waals surface area contributed by atoms with Gasteiger partial charge in [0, 0.05) is 37.0 Å². The SMILES string of the molecule is CN(C)CCCSN1CCC(c2c[nH]c3c(C(N)=O)cc(-c4ccc(CN5CCCCC5)cc4)cc23)CC1. The van der Waals surface area contributed by atoms with E-state index in [0.29, 0.717) is 11.5 Å². The summed E-state index contributed by atoms with van der Waals surface area (Å²) in [6, 6.07) is 13.1. The summed E-state index contributed by atoms with van der Waals surface area (Å²) in [7, 11) is 4.27. The van der Waals surface area contributed by atoms with Gasteiger partial charge in [0.25, 0.3) is 5.91 Å². The van der Waals surface area contributed by atoms with Crippen molar-refractivity contribution in [1.29, 1.82) is 0 Å². The molecule has 2 fully saturated rings. The van der Waals surface area contributed by atoms with Gasteiger partial charge < -0.3 is 15.6 Å². The highest BCUT2D eigenvalue weighted by molar-refractivity contribution is 7.97. The number of rotatable bonds is 10. The van der Waals surface area contributed by atoms with Crippen LogP contribution in [0.5, 0.6) is 0 Å². The lowest BCUT2D eigenvalue weighted by Gasteiger charge is -2.31. The van der Waals surface area contributed by atoms with Gasteiger partial charge in [0.1, 0.15) is 0 Å². The topological polar surface area (TPSA) is 68.6 Å². The normalized spacial score (nSPS) is 18.0. The minimum absolute atomic E-state index is 0.379. The zero-order valence-corrected chi connectivity index (χ0v) is 23.9. The number of hydrogen-bond donors (Lipinski definition) is 2. The number of hydrogen-bond acceptors (Lipinski definition) is 5. The molecule has 0 bridgehead atoms. The molecule has 2 aliphatic heterocycles. The number of piperidine rings is 2. The third kappa shape index (κ3) is 6.63.